The van der Waals surface area contributed by atoms with Gasteiger partial charge in [0.25, 0.3) is 0 Å². The average Bonchev–Trinajstić information content (AvgIpc) is 2.63. The molecule has 0 amide bonds. The Morgan fingerprint density at radius 1 is 0.957 bits per heavy atom. The summed E-state index contributed by atoms with van der Waals surface area (Å²) in [4.78, 5) is 16.7. The molecule has 1 heterocycles. The van der Waals surface area contributed by atoms with Gasteiger partial charge in [0.1, 0.15) is 0 Å². The highest BCUT2D eigenvalue weighted by atomic mass is 16.5. The topological polar surface area (TPSA) is 32.8 Å². The van der Waals surface area contributed by atoms with Crippen LogP contribution in [0.25, 0.3) is 0 Å². The van der Waals surface area contributed by atoms with Crippen LogP contribution in [0.1, 0.15) is 15.9 Å². The second-order valence-electron chi connectivity index (χ2n) is 5.75. The van der Waals surface area contributed by atoms with Gasteiger partial charge in [0, 0.05) is 38.4 Å². The molecule has 1 fully saturated rings. The maximum absolute atomic E-state index is 11.9. The van der Waals surface area contributed by atoms with E-state index in [4.69, 9.17) is 4.74 Å². The number of benzene rings is 2. The lowest BCUT2D eigenvalue weighted by Gasteiger charge is -2.36. The second-order valence-corrected chi connectivity index (χ2v) is 5.75. The normalized spacial score (nSPS) is 15.4. The van der Waals surface area contributed by atoms with E-state index in [1.54, 1.807) is 0 Å². The van der Waals surface area contributed by atoms with Gasteiger partial charge >= 0.3 is 5.97 Å². The molecule has 2 aromatic rings. The molecule has 3 rings (SSSR count). The van der Waals surface area contributed by atoms with Crippen molar-refractivity contribution in [1.29, 1.82) is 0 Å². The van der Waals surface area contributed by atoms with Gasteiger partial charge in [-0.15, -0.1) is 0 Å². The standard InChI is InChI=1S/C19H22N2O2/c1-23-19(22)18-10-6-5-7-16(18)15-20-11-13-21(14-12-20)17-8-3-2-4-9-17/h2-10H,11-15H2,1H3. The number of hydrogen-bond acceptors (Lipinski definition) is 4. The van der Waals surface area contributed by atoms with Crippen LogP contribution in [0.15, 0.2) is 54.6 Å². The Morgan fingerprint density at radius 2 is 1.61 bits per heavy atom. The highest BCUT2D eigenvalue weighted by Gasteiger charge is 2.19. The van der Waals surface area contributed by atoms with Crippen LogP contribution in [0, 0.1) is 0 Å². The van der Waals surface area contributed by atoms with Crippen LogP contribution in [0.3, 0.4) is 0 Å². The molecule has 0 atom stereocenters. The first-order chi connectivity index (χ1) is 11.3. The van der Waals surface area contributed by atoms with Crippen LogP contribution in [0.5, 0.6) is 0 Å². The van der Waals surface area contributed by atoms with E-state index in [1.807, 2.05) is 30.3 Å². The number of ether oxygens (including phenoxy) is 1. The van der Waals surface area contributed by atoms with Crippen molar-refractivity contribution in [1.82, 2.24) is 4.90 Å². The average molecular weight is 310 g/mol. The molecular formula is C19H22N2O2. The quantitative estimate of drug-likeness (QED) is 0.813. The number of para-hydroxylation sites is 1. The molecule has 0 spiro atoms. The molecule has 0 radical (unpaired) electrons. The fourth-order valence-electron chi connectivity index (χ4n) is 3.01. The first kappa shape index (κ1) is 15.6. The van der Waals surface area contributed by atoms with Crippen molar-refractivity contribution < 1.29 is 9.53 Å². The van der Waals surface area contributed by atoms with Gasteiger partial charge in [-0.05, 0) is 23.8 Å². The first-order valence-corrected chi connectivity index (χ1v) is 7.96. The second kappa shape index (κ2) is 7.29. The molecule has 0 unspecified atom stereocenters. The molecular weight excluding hydrogens is 288 g/mol. The van der Waals surface area contributed by atoms with Gasteiger partial charge in [-0.25, -0.2) is 4.79 Å². The number of nitrogens with zero attached hydrogens (tertiary/aromatic N) is 2. The summed E-state index contributed by atoms with van der Waals surface area (Å²) in [7, 11) is 1.43. The van der Waals surface area contributed by atoms with Crippen molar-refractivity contribution in [2.45, 2.75) is 6.54 Å². The molecule has 1 aliphatic heterocycles. The lowest BCUT2D eigenvalue weighted by atomic mass is 10.1. The van der Waals surface area contributed by atoms with Gasteiger partial charge < -0.3 is 9.64 Å². The lowest BCUT2D eigenvalue weighted by Crippen LogP contribution is -2.46. The zero-order valence-corrected chi connectivity index (χ0v) is 13.4. The fourth-order valence-corrected chi connectivity index (χ4v) is 3.01. The molecule has 0 bridgehead atoms. The molecule has 1 saturated heterocycles. The highest BCUT2D eigenvalue weighted by molar-refractivity contribution is 5.90. The summed E-state index contributed by atoms with van der Waals surface area (Å²) in [5.74, 6) is -0.261. The number of esters is 1. The zero-order chi connectivity index (χ0) is 16.1. The molecule has 0 N–H and O–H groups in total. The number of carbonyl (C=O) groups is 1. The zero-order valence-electron chi connectivity index (χ0n) is 13.4. The number of anilines is 1. The van der Waals surface area contributed by atoms with Crippen LogP contribution in [0.2, 0.25) is 0 Å². The van der Waals surface area contributed by atoms with Crippen LogP contribution < -0.4 is 4.90 Å². The van der Waals surface area contributed by atoms with E-state index in [2.05, 4.69) is 34.1 Å². The van der Waals surface area contributed by atoms with Crippen LogP contribution in [-0.4, -0.2) is 44.2 Å². The van der Waals surface area contributed by atoms with E-state index in [9.17, 15) is 4.79 Å². The molecule has 1 aliphatic rings. The predicted molar refractivity (Wildman–Crippen MR) is 91.7 cm³/mol. The molecule has 4 nitrogen and oxygen atoms in total. The summed E-state index contributed by atoms with van der Waals surface area (Å²) in [5.41, 5.74) is 2.98. The Labute approximate surface area is 137 Å². The monoisotopic (exact) mass is 310 g/mol. The third kappa shape index (κ3) is 3.71. The van der Waals surface area contributed by atoms with Crippen LogP contribution in [0.4, 0.5) is 5.69 Å². The smallest absolute Gasteiger partial charge is 0.338 e. The summed E-state index contributed by atoms with van der Waals surface area (Å²) in [6.07, 6.45) is 0. The van der Waals surface area contributed by atoms with E-state index >= 15 is 0 Å². The largest absolute Gasteiger partial charge is 0.465 e. The van der Waals surface area contributed by atoms with Gasteiger partial charge in [0.2, 0.25) is 0 Å². The Balaban J connectivity index is 1.62. The minimum absolute atomic E-state index is 0.261. The van der Waals surface area contributed by atoms with Gasteiger partial charge in [-0.2, -0.15) is 0 Å². The third-order valence-electron chi connectivity index (χ3n) is 4.31. The number of rotatable bonds is 4. The maximum atomic E-state index is 11.9. The van der Waals surface area contributed by atoms with Crippen molar-refractivity contribution in [2.24, 2.45) is 0 Å². The molecule has 23 heavy (non-hydrogen) atoms. The van der Waals surface area contributed by atoms with E-state index in [0.717, 1.165) is 38.3 Å². The van der Waals surface area contributed by atoms with Gasteiger partial charge in [0.15, 0.2) is 0 Å². The number of piperazine rings is 1. The Hall–Kier alpha value is -2.33. The summed E-state index contributed by atoms with van der Waals surface area (Å²) >= 11 is 0. The SMILES string of the molecule is COC(=O)c1ccccc1CN1CCN(c2ccccc2)CC1. The Bertz CT molecular complexity index is 649. The van der Waals surface area contributed by atoms with Crippen molar-refractivity contribution >= 4 is 11.7 Å². The van der Waals surface area contributed by atoms with E-state index in [1.165, 1.54) is 12.8 Å². The van der Waals surface area contributed by atoms with Gasteiger partial charge in [0.05, 0.1) is 12.7 Å². The van der Waals surface area contributed by atoms with Crippen LogP contribution in [-0.2, 0) is 11.3 Å². The molecule has 4 heteroatoms. The number of methoxy groups -OCH3 is 1. The van der Waals surface area contributed by atoms with E-state index in [0.29, 0.717) is 5.56 Å². The highest BCUT2D eigenvalue weighted by Crippen LogP contribution is 2.18. The summed E-state index contributed by atoms with van der Waals surface area (Å²) in [6, 6.07) is 18.2. The Morgan fingerprint density at radius 3 is 2.30 bits per heavy atom. The molecule has 2 aromatic carbocycles. The Kier molecular flexibility index (Phi) is 4.93. The van der Waals surface area contributed by atoms with Crippen molar-refractivity contribution in [2.75, 3.05) is 38.2 Å². The molecule has 0 aromatic heterocycles. The summed E-state index contributed by atoms with van der Waals surface area (Å²) in [5, 5.41) is 0. The van der Waals surface area contributed by atoms with Crippen molar-refractivity contribution in [3.8, 4) is 0 Å². The van der Waals surface area contributed by atoms with E-state index < -0.39 is 0 Å². The lowest BCUT2D eigenvalue weighted by molar-refractivity contribution is 0.0598. The molecule has 120 valence electrons. The van der Waals surface area contributed by atoms with E-state index in [-0.39, 0.29) is 5.97 Å². The number of hydrogen-bond donors (Lipinski definition) is 0. The minimum Gasteiger partial charge on any atom is -0.465 e. The fraction of sp³-hybridized carbons (Fsp3) is 0.316. The summed E-state index contributed by atoms with van der Waals surface area (Å²) in [6.45, 7) is 4.78. The minimum atomic E-state index is -0.261. The molecule has 0 aliphatic carbocycles. The van der Waals surface area contributed by atoms with Crippen molar-refractivity contribution in [3.63, 3.8) is 0 Å². The summed E-state index contributed by atoms with van der Waals surface area (Å²) < 4.78 is 4.88. The molecule has 0 saturated carbocycles. The predicted octanol–water partition coefficient (Wildman–Crippen LogP) is 2.80. The first-order valence-electron chi connectivity index (χ1n) is 7.96. The van der Waals surface area contributed by atoms with Gasteiger partial charge in [-0.1, -0.05) is 36.4 Å². The maximum Gasteiger partial charge on any atom is 0.338 e. The van der Waals surface area contributed by atoms with Gasteiger partial charge in [-0.3, -0.25) is 4.90 Å². The third-order valence-corrected chi connectivity index (χ3v) is 4.31. The van der Waals surface area contributed by atoms with Crippen molar-refractivity contribution in [3.05, 3.63) is 65.7 Å². The van der Waals surface area contributed by atoms with Crippen LogP contribution >= 0.6 is 0 Å². The number of carbonyl (C=O) groups excluding carboxylic acids is 1.